The van der Waals surface area contributed by atoms with Crippen LogP contribution in [-0.4, -0.2) is 189 Å². The normalized spacial score (nSPS) is 15.6. The number of aromatic hydroxyl groups is 1. The van der Waals surface area contributed by atoms with E-state index in [4.69, 9.17) is 34.2 Å². The lowest BCUT2D eigenvalue weighted by atomic mass is 9.99. The monoisotopic (exact) mass is 1430 g/mol. The number of carbonyl (C=O) groups is 11. The van der Waals surface area contributed by atoms with E-state index >= 15 is 0 Å². The second kappa shape index (κ2) is 40.1. The molecule has 21 N–H and O–H groups in total. The Hall–Kier alpha value is -10.5. The number of phenols is 1. The molecule has 1 aliphatic heterocycles. The van der Waals surface area contributed by atoms with E-state index in [0.717, 1.165) is 16.3 Å². The molecular weight excluding hydrogens is 1340 g/mol. The Labute approximate surface area is 595 Å². The first-order valence-electron chi connectivity index (χ1n) is 33.6. The second-order valence-corrected chi connectivity index (χ2v) is 26.0. The summed E-state index contributed by atoms with van der Waals surface area (Å²) in [6.45, 7) is 5.26. The zero-order chi connectivity index (χ0) is 74.6. The molecule has 6 rings (SSSR count). The van der Waals surface area contributed by atoms with Gasteiger partial charge in [-0.15, -0.1) is 0 Å². The third kappa shape index (κ3) is 26.2. The van der Waals surface area contributed by atoms with Crippen molar-refractivity contribution in [1.82, 2.24) is 68.4 Å². The van der Waals surface area contributed by atoms with Crippen molar-refractivity contribution in [2.45, 2.75) is 165 Å². The number of nitrogens with zero attached hydrogens (tertiary/aromatic N) is 2. The van der Waals surface area contributed by atoms with Crippen LogP contribution in [0.15, 0.2) is 116 Å². The fourth-order valence-corrected chi connectivity index (χ4v) is 11.7. The summed E-state index contributed by atoms with van der Waals surface area (Å²) in [6.07, 6.45) is 1.23. The van der Waals surface area contributed by atoms with E-state index in [1.54, 1.807) is 50.2 Å². The minimum absolute atomic E-state index is 0.00445. The number of hydrogen-bond donors (Lipinski definition) is 18. The van der Waals surface area contributed by atoms with Crippen LogP contribution in [0.1, 0.15) is 94.9 Å². The van der Waals surface area contributed by atoms with Crippen LogP contribution in [0, 0.1) is 11.3 Å². The van der Waals surface area contributed by atoms with Crippen molar-refractivity contribution >= 4 is 93.4 Å². The summed E-state index contributed by atoms with van der Waals surface area (Å²) < 4.78 is 0. The van der Waals surface area contributed by atoms with Gasteiger partial charge in [0.2, 0.25) is 59.1 Å². The molecule has 1 aliphatic rings. The van der Waals surface area contributed by atoms with E-state index in [1.165, 1.54) is 55.4 Å². The number of primary amides is 2. The van der Waals surface area contributed by atoms with E-state index in [1.807, 2.05) is 42.5 Å². The number of rotatable bonds is 39. The smallest absolute Gasteiger partial charge is 0.312 e. The van der Waals surface area contributed by atoms with Crippen LogP contribution >= 0.6 is 11.6 Å². The Morgan fingerprint density at radius 2 is 1.14 bits per heavy atom. The van der Waals surface area contributed by atoms with Crippen molar-refractivity contribution in [3.63, 3.8) is 0 Å². The number of pyridine rings is 1. The van der Waals surface area contributed by atoms with Crippen molar-refractivity contribution in [3.8, 4) is 5.75 Å². The Morgan fingerprint density at radius 1 is 0.598 bits per heavy atom. The number of nitrogens with two attached hydrogens (primary N) is 3. The first-order valence-corrected chi connectivity index (χ1v) is 34.0. The highest BCUT2D eigenvalue weighted by molar-refractivity contribution is 6.30. The molecule has 1 saturated heterocycles. The van der Waals surface area contributed by atoms with Crippen LogP contribution in [-0.2, 0) is 73.6 Å². The molecular formula is C70H94ClN17O14. The van der Waals surface area contributed by atoms with Gasteiger partial charge in [0, 0.05) is 56.8 Å². The lowest BCUT2D eigenvalue weighted by Gasteiger charge is -2.31. The summed E-state index contributed by atoms with van der Waals surface area (Å²) in [5, 5.41) is 72.5. The number of halogens is 1. The molecule has 0 aliphatic carbocycles. The van der Waals surface area contributed by atoms with E-state index in [2.05, 4.69) is 63.5 Å². The molecule has 2 heterocycles. The Kier molecular flexibility index (Phi) is 31.6. The number of amides is 12. The molecule has 0 saturated carbocycles. The van der Waals surface area contributed by atoms with Crippen molar-refractivity contribution in [3.05, 3.63) is 143 Å². The number of hydrogen-bond acceptors (Lipinski definition) is 17. The van der Waals surface area contributed by atoms with Crippen molar-refractivity contribution in [2.24, 2.45) is 23.1 Å². The van der Waals surface area contributed by atoms with Gasteiger partial charge in [-0.05, 0) is 134 Å². The maximum atomic E-state index is 14.9. The first kappa shape index (κ1) is 80.5. The van der Waals surface area contributed by atoms with Gasteiger partial charge in [0.25, 0.3) is 0 Å². The number of nitrogens with one attached hydrogen (secondary N) is 12. The third-order valence-electron chi connectivity index (χ3n) is 16.9. The first-order chi connectivity index (χ1) is 48.6. The maximum absolute atomic E-state index is 14.9. The molecule has 550 valence electrons. The average molecular weight is 1430 g/mol. The number of aliphatic hydroxyl groups is 2. The average Bonchev–Trinajstić information content (AvgIpc) is 1.13. The van der Waals surface area contributed by atoms with Gasteiger partial charge in [0.15, 0.2) is 5.96 Å². The van der Waals surface area contributed by atoms with Gasteiger partial charge in [0.05, 0.1) is 18.7 Å². The van der Waals surface area contributed by atoms with Gasteiger partial charge >= 0.3 is 6.03 Å². The highest BCUT2D eigenvalue weighted by Gasteiger charge is 2.40. The molecule has 32 heteroatoms. The predicted molar refractivity (Wildman–Crippen MR) is 379 cm³/mol. The quantitative estimate of drug-likeness (QED) is 0.01000. The van der Waals surface area contributed by atoms with E-state index in [0.29, 0.717) is 28.1 Å². The fraction of sp³-hybridized carbons (Fsp3) is 0.443. The number of phenolic OH excluding ortho intramolecular Hbond substituents is 1. The molecule has 1 fully saturated rings. The molecule has 11 atom stereocenters. The Bertz CT molecular complexity index is 3710. The van der Waals surface area contributed by atoms with Crippen molar-refractivity contribution < 1.29 is 68.1 Å². The van der Waals surface area contributed by atoms with Crippen molar-refractivity contribution in [2.75, 3.05) is 26.2 Å². The zero-order valence-electron chi connectivity index (χ0n) is 57.3. The van der Waals surface area contributed by atoms with Crippen molar-refractivity contribution in [1.29, 1.82) is 5.41 Å². The van der Waals surface area contributed by atoms with Gasteiger partial charge in [-0.2, -0.15) is 0 Å². The number of fused-ring (bicyclic) bond motifs is 1. The maximum Gasteiger partial charge on any atom is 0.312 e. The number of aliphatic hydroxyl groups excluding tert-OH is 2. The molecule has 31 nitrogen and oxygen atoms in total. The number of benzene rings is 4. The molecule has 0 spiro atoms. The molecule has 102 heavy (non-hydrogen) atoms. The van der Waals surface area contributed by atoms with E-state index in [9.17, 15) is 68.1 Å². The molecule has 1 unspecified atom stereocenters. The third-order valence-corrected chi connectivity index (χ3v) is 17.1. The molecule has 4 aromatic carbocycles. The largest absolute Gasteiger partial charge is 0.508 e. The highest BCUT2D eigenvalue weighted by Crippen LogP contribution is 2.22. The minimum atomic E-state index is -1.82. The standard InChI is InChI=1S/C70H94ClN17O14/c1-39(2)31-52(61(94)82-51(15-9-28-77-69(73)74)68(101)88-30-10-16-58(88)67(100)79-40(3)59(72)92)83-60(93)50(14-8-29-78-70(75)102)81-63(96)54(34-43-20-25-49(91)26-21-43)86-66(99)57(38-89)87-65(98)56(36-45-11-7-27-76-37-45)85-64(97)55(33-42-18-23-48(71)24-19-42)84-62(95)53(80-41(4)90)35-44-17-22-46-12-5-6-13-47(46)32-44/h5-7,11-13,17-27,32,37,39-40,50-58,64,85,89,91,97H,8-10,14-16,28-31,33-36,38H2,1-4H3,(H2,72,92)(H,79,100)(H,80,90)(H,81,96)(H,82,94)(H,83,93)(H,84,95)(H,86,99)(H,87,98)(H4,73,74,77)(H3,75,78,102)/t40-,50-,51+,52+,53-,54+,55-,56-,57+,58+,64?/m1/s1. The van der Waals surface area contributed by atoms with Crippen LogP contribution in [0.5, 0.6) is 5.75 Å². The predicted octanol–water partition coefficient (Wildman–Crippen LogP) is -0.714. The number of urea groups is 1. The minimum Gasteiger partial charge on any atom is -0.508 e. The highest BCUT2D eigenvalue weighted by atomic mass is 35.5. The fourth-order valence-electron chi connectivity index (χ4n) is 11.6. The van der Waals surface area contributed by atoms with Crippen LogP contribution in [0.25, 0.3) is 10.8 Å². The molecule has 5 aromatic rings. The Balaban J connectivity index is 1.25. The van der Waals surface area contributed by atoms with E-state index in [-0.39, 0.29) is 101 Å². The lowest BCUT2D eigenvalue weighted by Crippen LogP contribution is -2.62. The van der Waals surface area contributed by atoms with Gasteiger partial charge in [-0.1, -0.05) is 98.2 Å². The molecule has 0 bridgehead atoms. The van der Waals surface area contributed by atoms with Crippen LogP contribution in [0.4, 0.5) is 4.79 Å². The van der Waals surface area contributed by atoms with Gasteiger partial charge in [-0.25, -0.2) is 4.79 Å². The SMILES string of the molecule is CC(=O)N[C@H](Cc1ccc2ccccc2c1)C(=O)N[C@H](Cc1ccc(Cl)cc1)C(O)N[C@H](Cc1cccnc1)C(=O)N[C@@H](CO)C(=O)N[C@@H](Cc1ccc(O)cc1)C(=O)N[C@H](CCCNC(N)=O)C(=O)N[C@@H](CC(C)C)C(=O)N[C@@H](CCCNC(=N)N)C(=O)N1CCC[C@H]1C(=O)N[C@H](C)C(N)=O. The topological polar surface area (TPSA) is 499 Å². The van der Waals surface area contributed by atoms with E-state index < -0.39 is 138 Å². The number of guanidine groups is 1. The summed E-state index contributed by atoms with van der Waals surface area (Å²) >= 11 is 6.24. The summed E-state index contributed by atoms with van der Waals surface area (Å²) in [6, 6.07) is 14.1. The lowest BCUT2D eigenvalue weighted by molar-refractivity contribution is -0.142. The van der Waals surface area contributed by atoms with Crippen LogP contribution in [0.3, 0.4) is 0 Å². The van der Waals surface area contributed by atoms with Crippen LogP contribution < -0.4 is 75.7 Å². The van der Waals surface area contributed by atoms with Crippen LogP contribution in [0.2, 0.25) is 5.02 Å². The second-order valence-electron chi connectivity index (χ2n) is 25.5. The number of likely N-dealkylation sites (tertiary alicyclic amines) is 1. The van der Waals surface area contributed by atoms with Gasteiger partial charge < -0.3 is 90.6 Å². The number of carbonyl (C=O) groups excluding carboxylic acids is 11. The summed E-state index contributed by atoms with van der Waals surface area (Å²) in [4.78, 5) is 158. The summed E-state index contributed by atoms with van der Waals surface area (Å²) in [5.74, 6) is -8.88. The molecule has 12 amide bonds. The van der Waals surface area contributed by atoms with Gasteiger partial charge in [0.1, 0.15) is 60.3 Å². The number of aromatic nitrogens is 1. The molecule has 0 radical (unpaired) electrons. The summed E-state index contributed by atoms with van der Waals surface area (Å²) in [7, 11) is 0. The van der Waals surface area contributed by atoms with Gasteiger partial charge in [-0.3, -0.25) is 63.7 Å². The Morgan fingerprint density at radius 3 is 1.77 bits per heavy atom. The zero-order valence-corrected chi connectivity index (χ0v) is 58.1. The molecule has 1 aromatic heterocycles. The summed E-state index contributed by atoms with van der Waals surface area (Å²) in [5.41, 5.74) is 18.4.